The molecule has 0 saturated carbocycles. The number of hydrogen-bond acceptors (Lipinski definition) is 4. The lowest BCUT2D eigenvalue weighted by Gasteiger charge is -2.36. The summed E-state index contributed by atoms with van der Waals surface area (Å²) < 4.78 is 0. The van der Waals surface area contributed by atoms with Gasteiger partial charge in [-0.15, -0.1) is 0 Å². The average Bonchev–Trinajstić information content (AvgIpc) is 2.74. The smallest absolute Gasteiger partial charge is 0.264 e. The minimum Gasteiger partial charge on any atom is -0.368 e. The molecule has 1 aliphatic rings. The molecule has 2 aromatic carbocycles. The summed E-state index contributed by atoms with van der Waals surface area (Å²) in [5.41, 5.74) is 4.04. The monoisotopic (exact) mass is 394 g/mol. The van der Waals surface area contributed by atoms with Gasteiger partial charge in [0.15, 0.2) is 0 Å². The highest BCUT2D eigenvalue weighted by Crippen LogP contribution is 2.26. The summed E-state index contributed by atoms with van der Waals surface area (Å²) in [6.07, 6.45) is 1.02. The topological polar surface area (TPSA) is 52.2 Å². The van der Waals surface area contributed by atoms with Crippen LogP contribution >= 0.6 is 11.6 Å². The zero-order chi connectivity index (χ0) is 19.3. The molecule has 0 atom stereocenters. The van der Waals surface area contributed by atoms with E-state index >= 15 is 0 Å². The van der Waals surface area contributed by atoms with Crippen molar-refractivity contribution in [2.24, 2.45) is 0 Å². The fourth-order valence-electron chi connectivity index (χ4n) is 3.56. The van der Waals surface area contributed by atoms with Gasteiger partial charge in [0.25, 0.3) is 5.56 Å². The number of para-hydroxylation sites is 1. The van der Waals surface area contributed by atoms with E-state index in [9.17, 15) is 4.79 Å². The van der Waals surface area contributed by atoms with Crippen LogP contribution in [0.25, 0.3) is 11.3 Å². The fraction of sp³-hybridized carbons (Fsp3) is 0.273. The number of piperazine rings is 1. The number of nitrogens with one attached hydrogen (secondary N) is 1. The molecule has 0 radical (unpaired) electrons. The van der Waals surface area contributed by atoms with E-state index in [0.717, 1.165) is 61.1 Å². The quantitative estimate of drug-likeness (QED) is 0.720. The molecule has 1 saturated heterocycles. The van der Waals surface area contributed by atoms with Gasteiger partial charge in [-0.05, 0) is 30.2 Å². The Morgan fingerprint density at radius 3 is 2.36 bits per heavy atom. The molecule has 1 aromatic heterocycles. The van der Waals surface area contributed by atoms with Crippen LogP contribution in [-0.4, -0.2) is 47.8 Å². The third kappa shape index (κ3) is 4.43. The van der Waals surface area contributed by atoms with Gasteiger partial charge in [-0.1, -0.05) is 48.0 Å². The van der Waals surface area contributed by atoms with Crippen molar-refractivity contribution >= 4 is 17.3 Å². The second-order valence-electron chi connectivity index (χ2n) is 7.03. The maximum Gasteiger partial charge on any atom is 0.264 e. The first-order valence-corrected chi connectivity index (χ1v) is 9.94. The minimum absolute atomic E-state index is 0.185. The third-order valence-corrected chi connectivity index (χ3v) is 5.53. The van der Waals surface area contributed by atoms with Crippen molar-refractivity contribution in [3.8, 4) is 11.3 Å². The highest BCUT2D eigenvalue weighted by molar-refractivity contribution is 6.33. The Bertz CT molecular complexity index is 958. The second-order valence-corrected chi connectivity index (χ2v) is 7.44. The van der Waals surface area contributed by atoms with Crippen LogP contribution in [-0.2, 0) is 6.42 Å². The van der Waals surface area contributed by atoms with E-state index in [-0.39, 0.29) is 5.56 Å². The van der Waals surface area contributed by atoms with Gasteiger partial charge >= 0.3 is 0 Å². The van der Waals surface area contributed by atoms with E-state index in [1.54, 1.807) is 6.07 Å². The molecule has 0 bridgehead atoms. The van der Waals surface area contributed by atoms with E-state index in [1.807, 2.05) is 18.2 Å². The molecule has 28 heavy (non-hydrogen) atoms. The van der Waals surface area contributed by atoms with Gasteiger partial charge in [0.1, 0.15) is 0 Å². The van der Waals surface area contributed by atoms with Gasteiger partial charge < -0.3 is 4.90 Å². The maximum atomic E-state index is 11.1. The second kappa shape index (κ2) is 8.59. The first kappa shape index (κ1) is 18.7. The van der Waals surface area contributed by atoms with Crippen molar-refractivity contribution < 1.29 is 0 Å². The molecule has 0 unspecified atom stereocenters. The number of aromatic amines is 1. The van der Waals surface area contributed by atoms with E-state index in [1.165, 1.54) is 11.6 Å². The Morgan fingerprint density at radius 2 is 1.68 bits per heavy atom. The molecule has 1 fully saturated rings. The van der Waals surface area contributed by atoms with Crippen molar-refractivity contribution in [3.63, 3.8) is 0 Å². The molecular weight excluding hydrogens is 372 g/mol. The number of H-pyrrole nitrogens is 1. The predicted molar refractivity (Wildman–Crippen MR) is 114 cm³/mol. The fourth-order valence-corrected chi connectivity index (χ4v) is 3.81. The molecule has 3 aromatic rings. The van der Waals surface area contributed by atoms with Gasteiger partial charge in [0, 0.05) is 44.4 Å². The first-order valence-electron chi connectivity index (χ1n) is 9.56. The largest absolute Gasteiger partial charge is 0.368 e. The van der Waals surface area contributed by atoms with Crippen molar-refractivity contribution in [2.75, 3.05) is 37.6 Å². The number of rotatable bonds is 5. The predicted octanol–water partition coefficient (Wildman–Crippen LogP) is 3.46. The number of benzene rings is 2. The van der Waals surface area contributed by atoms with E-state index < -0.39 is 0 Å². The molecule has 6 heteroatoms. The Labute approximate surface area is 169 Å². The van der Waals surface area contributed by atoms with Crippen molar-refractivity contribution in [2.45, 2.75) is 6.42 Å². The lowest BCUT2D eigenvalue weighted by atomic mass is 10.1. The summed E-state index contributed by atoms with van der Waals surface area (Å²) in [6.45, 7) is 5.14. The van der Waals surface area contributed by atoms with Crippen LogP contribution in [0.4, 0.5) is 5.69 Å². The molecule has 1 N–H and O–H groups in total. The van der Waals surface area contributed by atoms with Gasteiger partial charge in [0.05, 0.1) is 16.4 Å². The summed E-state index contributed by atoms with van der Waals surface area (Å²) >= 11 is 6.32. The normalized spacial score (nSPS) is 15.0. The molecule has 144 valence electrons. The number of halogens is 1. The van der Waals surface area contributed by atoms with Crippen LogP contribution in [0.5, 0.6) is 0 Å². The van der Waals surface area contributed by atoms with Crippen LogP contribution in [0.1, 0.15) is 5.56 Å². The summed E-state index contributed by atoms with van der Waals surface area (Å²) in [4.78, 5) is 16.0. The highest BCUT2D eigenvalue weighted by Gasteiger charge is 2.18. The number of anilines is 1. The zero-order valence-corrected chi connectivity index (χ0v) is 16.4. The molecule has 0 spiro atoms. The maximum absolute atomic E-state index is 11.1. The molecule has 5 nitrogen and oxygen atoms in total. The summed E-state index contributed by atoms with van der Waals surface area (Å²) in [7, 11) is 0. The average molecular weight is 395 g/mol. The van der Waals surface area contributed by atoms with Crippen LogP contribution in [0, 0.1) is 0 Å². The Morgan fingerprint density at radius 1 is 0.929 bits per heavy atom. The van der Waals surface area contributed by atoms with E-state index in [0.29, 0.717) is 0 Å². The van der Waals surface area contributed by atoms with Crippen LogP contribution in [0.3, 0.4) is 0 Å². The first-order chi connectivity index (χ1) is 13.7. The summed E-state index contributed by atoms with van der Waals surface area (Å²) in [5, 5.41) is 7.38. The minimum atomic E-state index is -0.185. The van der Waals surface area contributed by atoms with Gasteiger partial charge in [-0.2, -0.15) is 5.10 Å². The number of hydrogen-bond donors (Lipinski definition) is 1. The van der Waals surface area contributed by atoms with Gasteiger partial charge in [-0.25, -0.2) is 5.10 Å². The Kier molecular flexibility index (Phi) is 5.74. The van der Waals surface area contributed by atoms with Crippen LogP contribution in [0.2, 0.25) is 5.02 Å². The SMILES string of the molecule is O=c1ccc(-c2ccc(CCN3CCN(c4ccccc4Cl)CC3)cc2)n[nH]1. The standard InChI is InChI=1S/C22H23ClN4O/c23-19-3-1-2-4-21(19)27-15-13-26(14-16-27)12-11-17-5-7-18(8-6-17)20-9-10-22(28)25-24-20/h1-10H,11-16H2,(H,25,28). The Balaban J connectivity index is 1.29. The van der Waals surface area contributed by atoms with Gasteiger partial charge in [0.2, 0.25) is 0 Å². The van der Waals surface area contributed by atoms with E-state index in [4.69, 9.17) is 11.6 Å². The highest BCUT2D eigenvalue weighted by atomic mass is 35.5. The van der Waals surface area contributed by atoms with Gasteiger partial charge in [-0.3, -0.25) is 9.69 Å². The molecule has 4 rings (SSSR count). The number of aromatic nitrogens is 2. The summed E-state index contributed by atoms with van der Waals surface area (Å²) in [6, 6.07) is 19.7. The van der Waals surface area contributed by atoms with Crippen LogP contribution < -0.4 is 10.5 Å². The lowest BCUT2D eigenvalue weighted by molar-refractivity contribution is 0.261. The van der Waals surface area contributed by atoms with Crippen molar-refractivity contribution in [1.29, 1.82) is 0 Å². The molecule has 0 amide bonds. The van der Waals surface area contributed by atoms with E-state index in [2.05, 4.69) is 50.3 Å². The lowest BCUT2D eigenvalue weighted by Crippen LogP contribution is -2.47. The zero-order valence-electron chi connectivity index (χ0n) is 15.6. The van der Waals surface area contributed by atoms with Crippen molar-refractivity contribution in [3.05, 3.63) is 81.6 Å². The summed E-state index contributed by atoms with van der Waals surface area (Å²) in [5.74, 6) is 0. The molecule has 1 aliphatic heterocycles. The third-order valence-electron chi connectivity index (χ3n) is 5.21. The number of nitrogens with zero attached hydrogens (tertiary/aromatic N) is 3. The Hall–Kier alpha value is -2.63. The molecule has 0 aliphatic carbocycles. The molecule has 2 heterocycles. The van der Waals surface area contributed by atoms with Crippen LogP contribution in [0.15, 0.2) is 65.5 Å². The van der Waals surface area contributed by atoms with Crippen molar-refractivity contribution in [1.82, 2.24) is 15.1 Å². The molecular formula is C22H23ClN4O.